The van der Waals surface area contributed by atoms with Crippen LogP contribution in [0.3, 0.4) is 0 Å². The second-order valence-corrected chi connectivity index (χ2v) is 5.83. The Balaban J connectivity index is 2.37. The summed E-state index contributed by atoms with van der Waals surface area (Å²) >= 11 is 0. The molecule has 0 unspecified atom stereocenters. The maximum atomic E-state index is 12.3. The van der Waals surface area contributed by atoms with E-state index in [1.807, 2.05) is 6.07 Å². The number of hydrogen-bond donors (Lipinski definition) is 1. The first kappa shape index (κ1) is 13.7. The molecular formula is C12H16N4O2S. The Kier molecular flexibility index (Phi) is 3.96. The smallest absolute Gasteiger partial charge is 0.260 e. The van der Waals surface area contributed by atoms with Crippen molar-refractivity contribution in [3.63, 3.8) is 0 Å². The van der Waals surface area contributed by atoms with E-state index in [0.29, 0.717) is 18.9 Å². The van der Waals surface area contributed by atoms with Crippen molar-refractivity contribution in [2.45, 2.75) is 18.9 Å². The molecule has 19 heavy (non-hydrogen) atoms. The van der Waals surface area contributed by atoms with E-state index in [1.54, 1.807) is 32.3 Å². The molecule has 1 N–H and O–H groups in total. The van der Waals surface area contributed by atoms with E-state index in [0.717, 1.165) is 5.56 Å². The first-order chi connectivity index (χ1) is 9.09. The number of aromatic nitrogens is 3. The Morgan fingerprint density at radius 1 is 1.26 bits per heavy atom. The molecule has 0 aliphatic carbocycles. The number of rotatable bonds is 5. The molecule has 0 aliphatic heterocycles. The van der Waals surface area contributed by atoms with Gasteiger partial charge >= 0.3 is 0 Å². The predicted octanol–water partition coefficient (Wildman–Crippen LogP) is 1.50. The SMILES string of the molecule is CCN(CC)S(=O)(=O)c1cnc(-c2cccnc2)[nH]1. The van der Waals surface area contributed by atoms with Crippen molar-refractivity contribution < 1.29 is 8.42 Å². The van der Waals surface area contributed by atoms with Crippen LogP contribution < -0.4 is 0 Å². The van der Waals surface area contributed by atoms with Crippen LogP contribution in [-0.2, 0) is 10.0 Å². The molecule has 2 rings (SSSR count). The summed E-state index contributed by atoms with van der Waals surface area (Å²) < 4.78 is 25.9. The third-order valence-electron chi connectivity index (χ3n) is 2.81. The van der Waals surface area contributed by atoms with Gasteiger partial charge in [-0.15, -0.1) is 0 Å². The Bertz CT molecular complexity index is 633. The monoisotopic (exact) mass is 280 g/mol. The number of sulfonamides is 1. The van der Waals surface area contributed by atoms with Crippen LogP contribution in [0.1, 0.15) is 13.8 Å². The van der Waals surface area contributed by atoms with Gasteiger partial charge in [0.25, 0.3) is 10.0 Å². The molecule has 0 spiro atoms. The number of nitrogens with one attached hydrogen (secondary N) is 1. The Hall–Kier alpha value is -1.73. The lowest BCUT2D eigenvalue weighted by Crippen LogP contribution is -2.30. The van der Waals surface area contributed by atoms with E-state index in [9.17, 15) is 8.42 Å². The van der Waals surface area contributed by atoms with Gasteiger partial charge in [0, 0.05) is 31.0 Å². The number of H-pyrrole nitrogens is 1. The van der Waals surface area contributed by atoms with Gasteiger partial charge in [-0.1, -0.05) is 13.8 Å². The molecular weight excluding hydrogens is 264 g/mol. The minimum absolute atomic E-state index is 0.107. The highest BCUT2D eigenvalue weighted by molar-refractivity contribution is 7.89. The summed E-state index contributed by atoms with van der Waals surface area (Å²) in [6.07, 6.45) is 4.63. The number of pyridine rings is 1. The zero-order valence-corrected chi connectivity index (χ0v) is 11.7. The number of nitrogens with zero attached hydrogens (tertiary/aromatic N) is 3. The molecule has 0 atom stereocenters. The van der Waals surface area contributed by atoms with Gasteiger partial charge in [-0.2, -0.15) is 4.31 Å². The molecule has 0 aromatic carbocycles. The molecule has 6 nitrogen and oxygen atoms in total. The molecule has 0 bridgehead atoms. The summed E-state index contributed by atoms with van der Waals surface area (Å²) in [6, 6.07) is 3.59. The molecule has 0 saturated heterocycles. The minimum atomic E-state index is -3.49. The third-order valence-corrected chi connectivity index (χ3v) is 4.77. The zero-order valence-electron chi connectivity index (χ0n) is 10.9. The van der Waals surface area contributed by atoms with Gasteiger partial charge in [-0.25, -0.2) is 13.4 Å². The van der Waals surface area contributed by atoms with Crippen LogP contribution in [0.5, 0.6) is 0 Å². The maximum Gasteiger partial charge on any atom is 0.260 e. The molecule has 0 fully saturated rings. The Labute approximate surface area is 112 Å². The Morgan fingerprint density at radius 2 is 2.00 bits per heavy atom. The van der Waals surface area contributed by atoms with Crippen molar-refractivity contribution >= 4 is 10.0 Å². The average Bonchev–Trinajstić information content (AvgIpc) is 2.91. The van der Waals surface area contributed by atoms with Gasteiger partial charge < -0.3 is 4.98 Å². The second-order valence-electron chi connectivity index (χ2n) is 3.93. The molecule has 7 heteroatoms. The molecule has 0 aliphatic rings. The van der Waals surface area contributed by atoms with Crippen molar-refractivity contribution in [3.05, 3.63) is 30.7 Å². The third kappa shape index (κ3) is 2.66. The predicted molar refractivity (Wildman–Crippen MR) is 71.9 cm³/mol. The molecule has 2 aromatic rings. The fraction of sp³-hybridized carbons (Fsp3) is 0.333. The number of hydrogen-bond acceptors (Lipinski definition) is 4. The first-order valence-corrected chi connectivity index (χ1v) is 7.49. The van der Waals surface area contributed by atoms with E-state index in [2.05, 4.69) is 15.0 Å². The van der Waals surface area contributed by atoms with Gasteiger partial charge in [-0.3, -0.25) is 4.98 Å². The van der Waals surface area contributed by atoms with Crippen LogP contribution in [0.25, 0.3) is 11.4 Å². The highest BCUT2D eigenvalue weighted by atomic mass is 32.2. The van der Waals surface area contributed by atoms with Gasteiger partial charge in [0.05, 0.1) is 6.20 Å². The van der Waals surface area contributed by atoms with Gasteiger partial charge in [0.15, 0.2) is 5.03 Å². The van der Waals surface area contributed by atoms with E-state index < -0.39 is 10.0 Å². The molecule has 0 amide bonds. The standard InChI is InChI=1S/C12H16N4O2S/c1-3-16(4-2)19(17,18)11-9-14-12(15-11)10-6-5-7-13-8-10/h5-9H,3-4H2,1-2H3,(H,14,15). The Morgan fingerprint density at radius 3 is 2.58 bits per heavy atom. The summed E-state index contributed by atoms with van der Waals surface area (Å²) in [6.45, 7) is 4.47. The van der Waals surface area contributed by atoms with Crippen LogP contribution in [0, 0.1) is 0 Å². The fourth-order valence-corrected chi connectivity index (χ4v) is 3.16. The van der Waals surface area contributed by atoms with Gasteiger partial charge in [0.2, 0.25) is 0 Å². The summed E-state index contributed by atoms with van der Waals surface area (Å²) in [5.74, 6) is 0.499. The van der Waals surface area contributed by atoms with Crippen LogP contribution in [0.2, 0.25) is 0 Å². The van der Waals surface area contributed by atoms with E-state index in [4.69, 9.17) is 0 Å². The average molecular weight is 280 g/mol. The highest BCUT2D eigenvalue weighted by Crippen LogP contribution is 2.18. The van der Waals surface area contributed by atoms with Crippen molar-refractivity contribution in [3.8, 4) is 11.4 Å². The lowest BCUT2D eigenvalue weighted by Gasteiger charge is -2.16. The van der Waals surface area contributed by atoms with E-state index in [-0.39, 0.29) is 5.03 Å². The number of aromatic amines is 1. The molecule has 102 valence electrons. The summed E-state index contributed by atoms with van der Waals surface area (Å²) in [5.41, 5.74) is 0.753. The van der Waals surface area contributed by atoms with Crippen LogP contribution in [0.4, 0.5) is 0 Å². The lowest BCUT2D eigenvalue weighted by atomic mass is 10.3. The normalized spacial score (nSPS) is 11.9. The van der Waals surface area contributed by atoms with Crippen LogP contribution in [-0.4, -0.2) is 40.8 Å². The van der Waals surface area contributed by atoms with Crippen molar-refractivity contribution in [2.24, 2.45) is 0 Å². The first-order valence-electron chi connectivity index (χ1n) is 6.05. The summed E-state index contributed by atoms with van der Waals surface area (Å²) in [4.78, 5) is 10.9. The van der Waals surface area contributed by atoms with Gasteiger partial charge in [-0.05, 0) is 12.1 Å². The maximum absolute atomic E-state index is 12.3. The van der Waals surface area contributed by atoms with Gasteiger partial charge in [0.1, 0.15) is 5.82 Å². The molecule has 2 heterocycles. The highest BCUT2D eigenvalue weighted by Gasteiger charge is 2.23. The largest absolute Gasteiger partial charge is 0.328 e. The molecule has 2 aromatic heterocycles. The zero-order chi connectivity index (χ0) is 13.9. The molecule has 0 radical (unpaired) electrons. The molecule has 0 saturated carbocycles. The van der Waals surface area contributed by atoms with Crippen LogP contribution >= 0.6 is 0 Å². The topological polar surface area (TPSA) is 79.0 Å². The summed E-state index contributed by atoms with van der Waals surface area (Å²) in [5, 5.41) is 0.107. The minimum Gasteiger partial charge on any atom is -0.328 e. The van der Waals surface area contributed by atoms with Crippen molar-refractivity contribution in [2.75, 3.05) is 13.1 Å². The van der Waals surface area contributed by atoms with Crippen molar-refractivity contribution in [1.29, 1.82) is 0 Å². The van der Waals surface area contributed by atoms with Crippen LogP contribution in [0.15, 0.2) is 35.7 Å². The fourth-order valence-electron chi connectivity index (χ4n) is 1.79. The number of imidazole rings is 1. The summed E-state index contributed by atoms with van der Waals surface area (Å²) in [7, 11) is -3.49. The van der Waals surface area contributed by atoms with Crippen molar-refractivity contribution in [1.82, 2.24) is 19.3 Å². The van der Waals surface area contributed by atoms with E-state index in [1.165, 1.54) is 10.5 Å². The second kappa shape index (κ2) is 5.50. The quantitative estimate of drug-likeness (QED) is 0.900. The lowest BCUT2D eigenvalue weighted by molar-refractivity contribution is 0.443. The van der Waals surface area contributed by atoms with E-state index >= 15 is 0 Å².